The molecule has 2 unspecified atom stereocenters. The summed E-state index contributed by atoms with van der Waals surface area (Å²) < 4.78 is 47.9. The summed E-state index contributed by atoms with van der Waals surface area (Å²) in [4.78, 5) is 0. The van der Waals surface area contributed by atoms with Crippen molar-refractivity contribution in [3.8, 4) is 0 Å². The van der Waals surface area contributed by atoms with Gasteiger partial charge in [0.15, 0.2) is 0 Å². The molecule has 1 nitrogen and oxygen atoms in total. The quantitative estimate of drug-likeness (QED) is 0.647. The van der Waals surface area contributed by atoms with Gasteiger partial charge in [0.05, 0.1) is 12.6 Å². The third-order valence-corrected chi connectivity index (χ3v) is 1.96. The Morgan fingerprint density at radius 1 is 1.25 bits per heavy atom. The van der Waals surface area contributed by atoms with Gasteiger partial charge in [-0.2, -0.15) is 13.2 Å². The van der Waals surface area contributed by atoms with E-state index < -0.39 is 24.7 Å². The van der Waals surface area contributed by atoms with Gasteiger partial charge in [-0.3, -0.25) is 4.39 Å². The lowest BCUT2D eigenvalue weighted by Crippen LogP contribution is -2.30. The minimum Gasteiger partial charge on any atom is -0.316 e. The number of halogens is 5. The van der Waals surface area contributed by atoms with Crippen LogP contribution in [0.1, 0.15) is 0 Å². The van der Waals surface area contributed by atoms with Crippen LogP contribution in [0.4, 0.5) is 17.6 Å². The minimum atomic E-state index is -4.25. The fourth-order valence-corrected chi connectivity index (χ4v) is 1.28. The second kappa shape index (κ2) is 4.28. The highest BCUT2D eigenvalue weighted by Crippen LogP contribution is 2.34. The zero-order valence-corrected chi connectivity index (χ0v) is 7.01. The van der Waals surface area contributed by atoms with Gasteiger partial charge in [-0.25, -0.2) is 0 Å². The SMILES string of the molecule is Cl.FCC1CNCC1C(F)(F)F. The van der Waals surface area contributed by atoms with Crippen molar-refractivity contribution in [2.75, 3.05) is 19.8 Å². The van der Waals surface area contributed by atoms with E-state index >= 15 is 0 Å². The summed E-state index contributed by atoms with van der Waals surface area (Å²) in [6, 6.07) is 0. The number of hydrogen-bond donors (Lipinski definition) is 1. The van der Waals surface area contributed by atoms with Crippen LogP contribution >= 0.6 is 12.4 Å². The van der Waals surface area contributed by atoms with Crippen molar-refractivity contribution in [1.82, 2.24) is 5.32 Å². The minimum absolute atomic E-state index is 0. The first-order chi connectivity index (χ1) is 5.05. The first-order valence-corrected chi connectivity index (χ1v) is 3.39. The molecule has 0 bridgehead atoms. The molecule has 2 atom stereocenters. The number of alkyl halides is 4. The molecular weight excluding hydrogens is 198 g/mol. The van der Waals surface area contributed by atoms with E-state index in [1.54, 1.807) is 0 Å². The van der Waals surface area contributed by atoms with Crippen LogP contribution in [0, 0.1) is 11.8 Å². The maximum Gasteiger partial charge on any atom is 0.393 e. The smallest absolute Gasteiger partial charge is 0.316 e. The molecule has 1 aliphatic rings. The summed E-state index contributed by atoms with van der Waals surface area (Å²) in [6.45, 7) is -0.893. The second-order valence-electron chi connectivity index (χ2n) is 2.72. The van der Waals surface area contributed by atoms with E-state index in [4.69, 9.17) is 0 Å². The first kappa shape index (κ1) is 12.0. The lowest BCUT2D eigenvalue weighted by atomic mass is 9.97. The highest BCUT2D eigenvalue weighted by atomic mass is 35.5. The third-order valence-electron chi connectivity index (χ3n) is 1.96. The van der Waals surface area contributed by atoms with Crippen molar-refractivity contribution in [2.45, 2.75) is 6.18 Å². The summed E-state index contributed by atoms with van der Waals surface area (Å²) in [5.74, 6) is -2.37. The van der Waals surface area contributed by atoms with Gasteiger partial charge in [-0.15, -0.1) is 12.4 Å². The van der Waals surface area contributed by atoms with Crippen molar-refractivity contribution >= 4 is 12.4 Å². The monoisotopic (exact) mass is 207 g/mol. The molecule has 1 aliphatic heterocycles. The molecule has 1 fully saturated rings. The number of hydrogen-bond acceptors (Lipinski definition) is 1. The van der Waals surface area contributed by atoms with Crippen molar-refractivity contribution in [2.24, 2.45) is 11.8 Å². The molecule has 1 rings (SSSR count). The molecule has 0 aromatic heterocycles. The Kier molecular flexibility index (Phi) is 4.26. The summed E-state index contributed by atoms with van der Waals surface area (Å²) >= 11 is 0. The highest BCUT2D eigenvalue weighted by Gasteiger charge is 2.46. The van der Waals surface area contributed by atoms with E-state index in [1.807, 2.05) is 0 Å². The molecule has 0 aliphatic carbocycles. The molecule has 0 aromatic carbocycles. The lowest BCUT2D eigenvalue weighted by Gasteiger charge is -2.18. The van der Waals surface area contributed by atoms with Crippen LogP contribution in [0.15, 0.2) is 0 Å². The fourth-order valence-electron chi connectivity index (χ4n) is 1.28. The molecular formula is C6H10ClF4N. The Labute approximate surface area is 73.9 Å². The molecule has 0 radical (unpaired) electrons. The molecule has 0 amide bonds. The predicted octanol–water partition coefficient (Wildman–Crippen LogP) is 1.78. The Hall–Kier alpha value is -0.0300. The van der Waals surface area contributed by atoms with Crippen molar-refractivity contribution in [1.29, 1.82) is 0 Å². The second-order valence-corrected chi connectivity index (χ2v) is 2.72. The van der Waals surface area contributed by atoms with Gasteiger partial charge in [0, 0.05) is 19.0 Å². The van der Waals surface area contributed by atoms with E-state index in [1.165, 1.54) is 0 Å². The maximum absolute atomic E-state index is 12.0. The summed E-state index contributed by atoms with van der Waals surface area (Å²) in [6.07, 6.45) is -4.25. The van der Waals surface area contributed by atoms with Crippen LogP contribution in [0.25, 0.3) is 0 Å². The fraction of sp³-hybridized carbons (Fsp3) is 1.00. The van der Waals surface area contributed by atoms with E-state index in [-0.39, 0.29) is 25.5 Å². The van der Waals surface area contributed by atoms with E-state index in [9.17, 15) is 17.6 Å². The van der Waals surface area contributed by atoms with Gasteiger partial charge < -0.3 is 5.32 Å². The molecule has 0 spiro atoms. The van der Waals surface area contributed by atoms with Gasteiger partial charge in [0.25, 0.3) is 0 Å². The molecule has 1 saturated heterocycles. The lowest BCUT2D eigenvalue weighted by molar-refractivity contribution is -0.180. The summed E-state index contributed by atoms with van der Waals surface area (Å²) in [5.41, 5.74) is 0. The van der Waals surface area contributed by atoms with Gasteiger partial charge in [-0.1, -0.05) is 0 Å². The van der Waals surface area contributed by atoms with Crippen LogP contribution in [-0.2, 0) is 0 Å². The summed E-state index contributed by atoms with van der Waals surface area (Å²) in [7, 11) is 0. The van der Waals surface area contributed by atoms with Gasteiger partial charge in [0.2, 0.25) is 0 Å². The van der Waals surface area contributed by atoms with Crippen molar-refractivity contribution in [3.05, 3.63) is 0 Å². The molecule has 1 heterocycles. The number of rotatable bonds is 1. The largest absolute Gasteiger partial charge is 0.393 e. The molecule has 12 heavy (non-hydrogen) atoms. The molecule has 0 aromatic rings. The van der Waals surface area contributed by atoms with E-state index in [0.717, 1.165) is 0 Å². The van der Waals surface area contributed by atoms with Crippen LogP contribution < -0.4 is 5.32 Å². The van der Waals surface area contributed by atoms with Crippen LogP contribution in [0.3, 0.4) is 0 Å². The Morgan fingerprint density at radius 3 is 2.17 bits per heavy atom. The van der Waals surface area contributed by atoms with Gasteiger partial charge in [-0.05, 0) is 0 Å². The molecule has 6 heteroatoms. The normalized spacial score (nSPS) is 30.0. The van der Waals surface area contributed by atoms with Crippen LogP contribution in [-0.4, -0.2) is 25.9 Å². The molecule has 1 N–H and O–H groups in total. The van der Waals surface area contributed by atoms with Crippen LogP contribution in [0.5, 0.6) is 0 Å². The molecule has 0 saturated carbocycles. The van der Waals surface area contributed by atoms with E-state index in [0.29, 0.717) is 0 Å². The Bertz CT molecular complexity index is 138. The van der Waals surface area contributed by atoms with Crippen LogP contribution in [0.2, 0.25) is 0 Å². The Morgan fingerprint density at radius 2 is 1.83 bits per heavy atom. The average Bonchev–Trinajstić information content (AvgIpc) is 2.31. The van der Waals surface area contributed by atoms with Gasteiger partial charge >= 0.3 is 6.18 Å². The molecule has 74 valence electrons. The Balaban J connectivity index is 0.00000121. The standard InChI is InChI=1S/C6H9F4N.ClH/c7-1-4-2-11-3-5(4)6(8,9)10;/h4-5,11H,1-3H2;1H. The predicted molar refractivity (Wildman–Crippen MR) is 39.1 cm³/mol. The topological polar surface area (TPSA) is 12.0 Å². The highest BCUT2D eigenvalue weighted by molar-refractivity contribution is 5.85. The van der Waals surface area contributed by atoms with Crippen molar-refractivity contribution < 1.29 is 17.6 Å². The maximum atomic E-state index is 12.0. The third kappa shape index (κ3) is 2.48. The van der Waals surface area contributed by atoms with Crippen molar-refractivity contribution in [3.63, 3.8) is 0 Å². The summed E-state index contributed by atoms with van der Waals surface area (Å²) in [5, 5.41) is 2.52. The zero-order valence-electron chi connectivity index (χ0n) is 6.20. The van der Waals surface area contributed by atoms with Gasteiger partial charge in [0.1, 0.15) is 0 Å². The van der Waals surface area contributed by atoms with E-state index in [2.05, 4.69) is 5.32 Å². The zero-order chi connectivity index (χ0) is 8.48. The first-order valence-electron chi connectivity index (χ1n) is 3.39. The number of nitrogens with one attached hydrogen (secondary N) is 1. The average molecular weight is 208 g/mol.